The molecule has 0 aliphatic rings. The van der Waals surface area contributed by atoms with Gasteiger partial charge in [0.2, 0.25) is 5.88 Å². The molecule has 0 aliphatic carbocycles. The number of aryl methyl sites for hydroxylation is 1. The number of methoxy groups -OCH3 is 1. The van der Waals surface area contributed by atoms with Crippen LogP contribution < -0.4 is 15.6 Å². The van der Waals surface area contributed by atoms with Crippen molar-refractivity contribution in [2.75, 3.05) is 7.11 Å². The van der Waals surface area contributed by atoms with Crippen molar-refractivity contribution < 1.29 is 14.3 Å². The number of para-hydroxylation sites is 1. The second-order valence-electron chi connectivity index (χ2n) is 5.95. The number of hydrogen-bond acceptors (Lipinski definition) is 4. The van der Waals surface area contributed by atoms with Gasteiger partial charge in [0, 0.05) is 29.3 Å². The van der Waals surface area contributed by atoms with Crippen LogP contribution in [-0.2, 0) is 0 Å². The van der Waals surface area contributed by atoms with E-state index < -0.39 is 5.91 Å². The van der Waals surface area contributed by atoms with Gasteiger partial charge in [0.25, 0.3) is 11.8 Å². The molecule has 3 rings (SSSR count). The van der Waals surface area contributed by atoms with Crippen molar-refractivity contribution in [2.24, 2.45) is 0 Å². The minimum atomic E-state index is -0.463. The van der Waals surface area contributed by atoms with Gasteiger partial charge in [0.05, 0.1) is 18.2 Å². The molecule has 138 valence electrons. The first kappa shape index (κ1) is 18.2. The van der Waals surface area contributed by atoms with E-state index in [1.165, 1.54) is 13.3 Å². The minimum Gasteiger partial charge on any atom is -0.481 e. The molecule has 0 fully saturated rings. The minimum absolute atomic E-state index is 0.311. The number of nitrogens with one attached hydrogen (secondary N) is 2. The predicted molar refractivity (Wildman–Crippen MR) is 101 cm³/mol. The van der Waals surface area contributed by atoms with Crippen molar-refractivity contribution in [1.82, 2.24) is 20.4 Å². The van der Waals surface area contributed by atoms with E-state index in [2.05, 4.69) is 15.8 Å². The smallest absolute Gasteiger partial charge is 0.271 e. The molecule has 27 heavy (non-hydrogen) atoms. The Bertz CT molecular complexity index is 963. The van der Waals surface area contributed by atoms with Crippen LogP contribution in [0.4, 0.5) is 0 Å². The summed E-state index contributed by atoms with van der Waals surface area (Å²) in [5.74, 6) is -0.445. The molecule has 0 saturated heterocycles. The molecule has 2 amide bonds. The fourth-order valence-electron chi connectivity index (χ4n) is 2.86. The highest BCUT2D eigenvalue weighted by Gasteiger charge is 2.17. The van der Waals surface area contributed by atoms with E-state index in [1.807, 2.05) is 48.7 Å². The van der Waals surface area contributed by atoms with Crippen molar-refractivity contribution in [3.05, 3.63) is 77.2 Å². The van der Waals surface area contributed by atoms with Crippen LogP contribution in [-0.4, -0.2) is 28.5 Å². The highest BCUT2D eigenvalue weighted by atomic mass is 16.5. The average Bonchev–Trinajstić information content (AvgIpc) is 3.00. The summed E-state index contributed by atoms with van der Waals surface area (Å²) in [7, 11) is 1.49. The molecular formula is C20H20N4O3. The van der Waals surface area contributed by atoms with Crippen LogP contribution in [0.25, 0.3) is 5.69 Å². The van der Waals surface area contributed by atoms with Gasteiger partial charge in [-0.05, 0) is 38.1 Å². The van der Waals surface area contributed by atoms with E-state index in [0.29, 0.717) is 17.0 Å². The zero-order valence-electron chi connectivity index (χ0n) is 15.3. The molecule has 0 atom stereocenters. The van der Waals surface area contributed by atoms with E-state index >= 15 is 0 Å². The molecule has 0 bridgehead atoms. The Hall–Kier alpha value is -3.61. The van der Waals surface area contributed by atoms with Crippen LogP contribution in [0.3, 0.4) is 0 Å². The lowest BCUT2D eigenvalue weighted by molar-refractivity contribution is 0.0846. The Kier molecular flexibility index (Phi) is 5.21. The average molecular weight is 364 g/mol. The summed E-state index contributed by atoms with van der Waals surface area (Å²) in [6.07, 6.45) is 1.38. The fourth-order valence-corrected chi connectivity index (χ4v) is 2.86. The molecular weight excluding hydrogens is 344 g/mol. The van der Waals surface area contributed by atoms with Gasteiger partial charge in [-0.1, -0.05) is 18.2 Å². The van der Waals surface area contributed by atoms with Gasteiger partial charge in [-0.2, -0.15) is 0 Å². The van der Waals surface area contributed by atoms with Gasteiger partial charge in [-0.25, -0.2) is 4.98 Å². The van der Waals surface area contributed by atoms with Crippen LogP contribution in [0.5, 0.6) is 5.88 Å². The lowest BCUT2D eigenvalue weighted by atomic mass is 10.2. The maximum atomic E-state index is 12.5. The van der Waals surface area contributed by atoms with E-state index in [9.17, 15) is 9.59 Å². The second kappa shape index (κ2) is 7.74. The largest absolute Gasteiger partial charge is 0.481 e. The van der Waals surface area contributed by atoms with E-state index in [4.69, 9.17) is 4.74 Å². The highest BCUT2D eigenvalue weighted by molar-refractivity contribution is 5.99. The molecule has 7 heteroatoms. The Labute approximate surface area is 157 Å². The number of ether oxygens (including phenoxy) is 1. The van der Waals surface area contributed by atoms with Crippen LogP contribution >= 0.6 is 0 Å². The number of benzene rings is 1. The SMILES string of the molecule is COc1ccc(C(=O)NNC(=O)c2cc(C)n(-c3ccccc3)c2C)cn1. The molecule has 2 heterocycles. The zero-order valence-corrected chi connectivity index (χ0v) is 15.3. The number of carbonyl (C=O) groups is 2. The third kappa shape index (κ3) is 3.82. The number of nitrogens with zero attached hydrogens (tertiary/aromatic N) is 2. The monoisotopic (exact) mass is 364 g/mol. The van der Waals surface area contributed by atoms with Gasteiger partial charge in [-0.15, -0.1) is 0 Å². The van der Waals surface area contributed by atoms with Gasteiger partial charge < -0.3 is 9.30 Å². The summed E-state index contributed by atoms with van der Waals surface area (Å²) in [6.45, 7) is 3.79. The van der Waals surface area contributed by atoms with Gasteiger partial charge in [0.15, 0.2) is 0 Å². The van der Waals surface area contributed by atoms with Crippen LogP contribution in [0.15, 0.2) is 54.7 Å². The summed E-state index contributed by atoms with van der Waals surface area (Å²) in [4.78, 5) is 28.6. The predicted octanol–water partition coefficient (Wildman–Crippen LogP) is 2.57. The molecule has 2 aromatic heterocycles. The number of amides is 2. The maximum absolute atomic E-state index is 12.5. The zero-order chi connectivity index (χ0) is 19.4. The molecule has 2 N–H and O–H groups in total. The summed E-state index contributed by atoms with van der Waals surface area (Å²) >= 11 is 0. The van der Waals surface area contributed by atoms with Crippen molar-refractivity contribution >= 4 is 11.8 Å². The molecule has 0 radical (unpaired) electrons. The molecule has 0 aliphatic heterocycles. The van der Waals surface area contributed by atoms with Crippen LogP contribution in [0.2, 0.25) is 0 Å². The topological polar surface area (TPSA) is 85.3 Å². The Morgan fingerprint density at radius 3 is 2.33 bits per heavy atom. The number of carbonyl (C=O) groups excluding carboxylic acids is 2. The fraction of sp³-hybridized carbons (Fsp3) is 0.150. The third-order valence-corrected chi connectivity index (χ3v) is 4.19. The van der Waals surface area contributed by atoms with Gasteiger partial charge in [-0.3, -0.25) is 20.4 Å². The molecule has 3 aromatic rings. The molecule has 1 aromatic carbocycles. The summed E-state index contributed by atoms with van der Waals surface area (Å²) in [6, 6.07) is 14.7. The first-order valence-corrected chi connectivity index (χ1v) is 8.36. The standard InChI is InChI=1S/C20H20N4O3/c1-13-11-17(14(2)24(13)16-7-5-4-6-8-16)20(26)23-22-19(25)15-9-10-18(27-3)21-12-15/h4-12H,1-3H3,(H,22,25)(H,23,26). The number of aromatic nitrogens is 2. The number of hydrogen-bond donors (Lipinski definition) is 2. The van der Waals surface area contributed by atoms with E-state index in [-0.39, 0.29) is 5.91 Å². The number of rotatable bonds is 4. The summed E-state index contributed by atoms with van der Waals surface area (Å²) in [5.41, 5.74) is 8.34. The van der Waals surface area contributed by atoms with Gasteiger partial charge in [0.1, 0.15) is 0 Å². The second-order valence-corrected chi connectivity index (χ2v) is 5.95. The lowest BCUT2D eigenvalue weighted by Gasteiger charge is -2.10. The van der Waals surface area contributed by atoms with Crippen molar-refractivity contribution in [2.45, 2.75) is 13.8 Å². The normalized spacial score (nSPS) is 10.3. The molecule has 7 nitrogen and oxygen atoms in total. The highest BCUT2D eigenvalue weighted by Crippen LogP contribution is 2.20. The number of hydrazine groups is 1. The first-order chi connectivity index (χ1) is 13.0. The Morgan fingerprint density at radius 1 is 1.00 bits per heavy atom. The third-order valence-electron chi connectivity index (χ3n) is 4.19. The maximum Gasteiger partial charge on any atom is 0.271 e. The van der Waals surface area contributed by atoms with Gasteiger partial charge >= 0.3 is 0 Å². The lowest BCUT2D eigenvalue weighted by Crippen LogP contribution is -2.41. The van der Waals surface area contributed by atoms with E-state index in [0.717, 1.165) is 17.1 Å². The summed E-state index contributed by atoms with van der Waals surface area (Å²) < 4.78 is 6.94. The number of pyridine rings is 1. The van der Waals surface area contributed by atoms with Crippen LogP contribution in [0.1, 0.15) is 32.1 Å². The van der Waals surface area contributed by atoms with Crippen LogP contribution in [0, 0.1) is 13.8 Å². The van der Waals surface area contributed by atoms with Crippen molar-refractivity contribution in [1.29, 1.82) is 0 Å². The Balaban J connectivity index is 1.72. The molecule has 0 spiro atoms. The first-order valence-electron chi connectivity index (χ1n) is 8.36. The quantitative estimate of drug-likeness (QED) is 0.697. The van der Waals surface area contributed by atoms with Crippen molar-refractivity contribution in [3.63, 3.8) is 0 Å². The molecule has 0 saturated carbocycles. The van der Waals surface area contributed by atoms with Crippen molar-refractivity contribution in [3.8, 4) is 11.6 Å². The summed E-state index contributed by atoms with van der Waals surface area (Å²) in [5, 5.41) is 0. The Morgan fingerprint density at radius 2 is 1.70 bits per heavy atom. The van der Waals surface area contributed by atoms with E-state index in [1.54, 1.807) is 18.2 Å². The molecule has 0 unspecified atom stereocenters.